The smallest absolute Gasteiger partial charge is 0.233 e. The van der Waals surface area contributed by atoms with Crippen molar-refractivity contribution in [3.63, 3.8) is 0 Å². The van der Waals surface area contributed by atoms with Gasteiger partial charge in [0.1, 0.15) is 0 Å². The summed E-state index contributed by atoms with van der Waals surface area (Å²) in [5.74, 6) is 5.23. The number of allylic oxidation sites excluding steroid dienone is 1. The van der Waals surface area contributed by atoms with Crippen LogP contribution in [0.3, 0.4) is 0 Å². The first-order valence-corrected chi connectivity index (χ1v) is 15.0. The predicted molar refractivity (Wildman–Crippen MR) is 145 cm³/mol. The molecule has 35 heavy (non-hydrogen) atoms. The van der Waals surface area contributed by atoms with Gasteiger partial charge in [-0.05, 0) is 97.7 Å². The van der Waals surface area contributed by atoms with Gasteiger partial charge in [0.2, 0.25) is 5.91 Å². The van der Waals surface area contributed by atoms with E-state index in [1.807, 2.05) is 0 Å². The molecule has 4 nitrogen and oxygen atoms in total. The van der Waals surface area contributed by atoms with Gasteiger partial charge in [-0.2, -0.15) is 0 Å². The zero-order valence-electron chi connectivity index (χ0n) is 23.4. The molecule has 3 N–H and O–H groups in total. The molecule has 4 heteroatoms. The quantitative estimate of drug-likeness (QED) is 0.274. The lowest BCUT2D eigenvalue weighted by Gasteiger charge is -2.58. The number of hydrogen-bond acceptors (Lipinski definition) is 3. The van der Waals surface area contributed by atoms with Crippen LogP contribution in [0.4, 0.5) is 0 Å². The maximum absolute atomic E-state index is 11.4. The van der Waals surface area contributed by atoms with Gasteiger partial charge in [0, 0.05) is 6.54 Å². The van der Waals surface area contributed by atoms with E-state index in [9.17, 15) is 4.79 Å². The summed E-state index contributed by atoms with van der Waals surface area (Å²) in [5, 5.41) is 2.82. The lowest BCUT2D eigenvalue weighted by molar-refractivity contribution is -0.120. The second-order valence-corrected chi connectivity index (χ2v) is 13.6. The van der Waals surface area contributed by atoms with E-state index in [1.54, 1.807) is 5.57 Å². The Hall–Kier alpha value is -0.870. The third-order valence-electron chi connectivity index (χ3n) is 11.2. The highest BCUT2D eigenvalue weighted by atomic mass is 16.5. The van der Waals surface area contributed by atoms with E-state index in [0.717, 1.165) is 48.3 Å². The molecule has 4 rings (SSSR count). The van der Waals surface area contributed by atoms with Crippen LogP contribution in [0.1, 0.15) is 105 Å². The molecule has 8 unspecified atom stereocenters. The predicted octanol–water partition coefficient (Wildman–Crippen LogP) is 6.49. The summed E-state index contributed by atoms with van der Waals surface area (Å²) in [7, 11) is 0. The Morgan fingerprint density at radius 3 is 2.66 bits per heavy atom. The van der Waals surface area contributed by atoms with Crippen molar-refractivity contribution in [1.82, 2.24) is 5.32 Å². The van der Waals surface area contributed by atoms with Gasteiger partial charge in [-0.25, -0.2) is 0 Å². The molecular weight excluding hydrogens is 432 g/mol. The Morgan fingerprint density at radius 2 is 1.91 bits per heavy atom. The van der Waals surface area contributed by atoms with Crippen LogP contribution in [-0.4, -0.2) is 31.7 Å². The fourth-order valence-electron chi connectivity index (χ4n) is 9.28. The highest BCUT2D eigenvalue weighted by molar-refractivity contribution is 5.77. The van der Waals surface area contributed by atoms with Crippen molar-refractivity contribution in [2.75, 3.05) is 19.7 Å². The maximum atomic E-state index is 11.4. The van der Waals surface area contributed by atoms with E-state index in [1.165, 1.54) is 57.8 Å². The fourth-order valence-corrected chi connectivity index (χ4v) is 9.28. The van der Waals surface area contributed by atoms with E-state index in [4.69, 9.17) is 10.5 Å². The molecule has 3 saturated carbocycles. The van der Waals surface area contributed by atoms with Crippen molar-refractivity contribution in [2.45, 2.75) is 111 Å². The second kappa shape index (κ2) is 11.3. The number of nitrogens with one attached hydrogen (secondary N) is 1. The number of carbonyl (C=O) groups excluding carboxylic acids is 1. The molecule has 0 radical (unpaired) electrons. The molecule has 0 aromatic carbocycles. The van der Waals surface area contributed by atoms with Crippen molar-refractivity contribution in [3.05, 3.63) is 11.6 Å². The summed E-state index contributed by atoms with van der Waals surface area (Å²) < 4.78 is 6.18. The van der Waals surface area contributed by atoms with Crippen LogP contribution >= 0.6 is 0 Å². The van der Waals surface area contributed by atoms with Gasteiger partial charge < -0.3 is 15.8 Å². The molecule has 0 bridgehead atoms. The minimum absolute atomic E-state index is 0.0507. The normalized spacial score (nSPS) is 39.4. The minimum Gasteiger partial charge on any atom is -0.376 e. The molecule has 0 saturated heterocycles. The number of fused-ring (bicyclic) bond motifs is 5. The topological polar surface area (TPSA) is 64.3 Å². The largest absolute Gasteiger partial charge is 0.376 e. The van der Waals surface area contributed by atoms with Gasteiger partial charge in [0.05, 0.1) is 19.3 Å². The van der Waals surface area contributed by atoms with Crippen molar-refractivity contribution in [1.29, 1.82) is 0 Å². The van der Waals surface area contributed by atoms with E-state index in [0.29, 0.717) is 30.1 Å². The number of nitrogens with two attached hydrogens (primary N) is 1. The lowest BCUT2D eigenvalue weighted by atomic mass is 9.47. The van der Waals surface area contributed by atoms with Gasteiger partial charge in [-0.15, -0.1) is 0 Å². The molecule has 4 aliphatic carbocycles. The first kappa shape index (κ1) is 27.2. The van der Waals surface area contributed by atoms with E-state index in [-0.39, 0.29) is 12.5 Å². The SMILES string of the molecule is CC(C)CCCC(C)C1CCC2C3CC=C4CC(OCCNC(=O)CN)CCC4(C)C3CCC12C. The van der Waals surface area contributed by atoms with Crippen LogP contribution in [0.25, 0.3) is 0 Å². The molecule has 0 aromatic heterocycles. The Morgan fingerprint density at radius 1 is 1.11 bits per heavy atom. The molecule has 0 spiro atoms. The summed E-state index contributed by atoms with van der Waals surface area (Å²) in [6.45, 7) is 13.8. The average molecular weight is 487 g/mol. The number of carbonyl (C=O) groups is 1. The number of ether oxygens (including phenoxy) is 1. The number of rotatable bonds is 10. The molecular formula is C31H54N2O2. The van der Waals surface area contributed by atoms with Crippen LogP contribution in [0.2, 0.25) is 0 Å². The summed E-state index contributed by atoms with van der Waals surface area (Å²) in [4.78, 5) is 11.4. The standard InChI is InChI=1S/C31H54N2O2/c1-21(2)7-6-8-22(3)26-11-12-27-25-10-9-23-19-24(35-18-17-33-29(34)20-32)13-15-30(23,4)28(25)14-16-31(26,27)5/h9,21-22,24-28H,6-8,10-20,32H2,1-5H3,(H,33,34). The van der Waals surface area contributed by atoms with Crippen molar-refractivity contribution in [2.24, 2.45) is 52.1 Å². The van der Waals surface area contributed by atoms with Gasteiger partial charge in [0.25, 0.3) is 0 Å². The average Bonchev–Trinajstić information content (AvgIpc) is 3.18. The second-order valence-electron chi connectivity index (χ2n) is 13.6. The highest BCUT2D eigenvalue weighted by Crippen LogP contribution is 2.67. The lowest BCUT2D eigenvalue weighted by Crippen LogP contribution is -2.51. The van der Waals surface area contributed by atoms with Crippen molar-refractivity contribution < 1.29 is 9.53 Å². The molecule has 8 atom stereocenters. The maximum Gasteiger partial charge on any atom is 0.233 e. The number of amides is 1. The zero-order chi connectivity index (χ0) is 25.2. The molecule has 4 aliphatic rings. The fraction of sp³-hybridized carbons (Fsp3) is 0.903. The van der Waals surface area contributed by atoms with Crippen molar-refractivity contribution in [3.8, 4) is 0 Å². The van der Waals surface area contributed by atoms with Gasteiger partial charge in [-0.1, -0.05) is 65.5 Å². The zero-order valence-corrected chi connectivity index (χ0v) is 23.4. The third kappa shape index (κ3) is 5.54. The van der Waals surface area contributed by atoms with Crippen molar-refractivity contribution >= 4 is 5.91 Å². The number of hydrogen-bond donors (Lipinski definition) is 2. The summed E-state index contributed by atoms with van der Waals surface area (Å²) in [5.41, 5.74) is 7.99. The van der Waals surface area contributed by atoms with Crippen LogP contribution < -0.4 is 11.1 Å². The summed E-state index contributed by atoms with van der Waals surface area (Å²) in [6, 6.07) is 0. The Bertz CT molecular complexity index is 763. The van der Waals surface area contributed by atoms with Crippen LogP contribution in [-0.2, 0) is 9.53 Å². The van der Waals surface area contributed by atoms with E-state index >= 15 is 0 Å². The van der Waals surface area contributed by atoms with E-state index < -0.39 is 0 Å². The monoisotopic (exact) mass is 486 g/mol. The van der Waals surface area contributed by atoms with Gasteiger partial charge >= 0.3 is 0 Å². The van der Waals surface area contributed by atoms with Gasteiger partial charge in [0.15, 0.2) is 0 Å². The summed E-state index contributed by atoms with van der Waals surface area (Å²) >= 11 is 0. The Kier molecular flexibility index (Phi) is 8.74. The van der Waals surface area contributed by atoms with Crippen LogP contribution in [0.5, 0.6) is 0 Å². The summed E-state index contributed by atoms with van der Waals surface area (Å²) in [6.07, 6.45) is 17.8. The molecule has 0 aromatic rings. The van der Waals surface area contributed by atoms with Gasteiger partial charge in [-0.3, -0.25) is 4.79 Å². The van der Waals surface area contributed by atoms with E-state index in [2.05, 4.69) is 46.0 Å². The minimum atomic E-state index is -0.103. The molecule has 200 valence electrons. The molecule has 0 aliphatic heterocycles. The molecule has 0 heterocycles. The molecule has 3 fully saturated rings. The van der Waals surface area contributed by atoms with Crippen LogP contribution in [0.15, 0.2) is 11.6 Å². The first-order valence-electron chi connectivity index (χ1n) is 15.0. The Labute approximate surface area is 215 Å². The third-order valence-corrected chi connectivity index (χ3v) is 11.2. The molecule has 1 amide bonds. The highest BCUT2D eigenvalue weighted by Gasteiger charge is 2.59. The van der Waals surface area contributed by atoms with Crippen LogP contribution in [0, 0.1) is 46.3 Å². The Balaban J connectivity index is 1.36. The first-order chi connectivity index (χ1) is 16.7.